The molecule has 2 rings (SSSR count). The number of carbonyl (C=O) groups is 1. The van der Waals surface area contributed by atoms with E-state index in [4.69, 9.17) is 9.15 Å². The Morgan fingerprint density at radius 1 is 1.32 bits per heavy atom. The number of hydrogen-bond acceptors (Lipinski definition) is 3. The van der Waals surface area contributed by atoms with Crippen molar-refractivity contribution in [3.63, 3.8) is 0 Å². The summed E-state index contributed by atoms with van der Waals surface area (Å²) in [5.74, 6) is 1.73. The van der Waals surface area contributed by atoms with Gasteiger partial charge in [0.2, 0.25) is 0 Å². The van der Waals surface area contributed by atoms with Crippen LogP contribution in [0.2, 0.25) is 0 Å². The van der Waals surface area contributed by atoms with E-state index < -0.39 is 0 Å². The Morgan fingerprint density at radius 3 is 2.84 bits per heavy atom. The molecule has 19 heavy (non-hydrogen) atoms. The largest absolute Gasteiger partial charge is 0.497 e. The SMILES string of the molecule is CCc1ccc(C(=O)NCc2cccc(OC)c2)o1. The topological polar surface area (TPSA) is 51.5 Å². The molecular formula is C15H17NO3. The van der Waals surface area contributed by atoms with E-state index in [1.54, 1.807) is 13.2 Å². The highest BCUT2D eigenvalue weighted by Gasteiger charge is 2.10. The van der Waals surface area contributed by atoms with Crippen LogP contribution in [0.25, 0.3) is 0 Å². The van der Waals surface area contributed by atoms with Gasteiger partial charge in [-0.25, -0.2) is 0 Å². The lowest BCUT2D eigenvalue weighted by Gasteiger charge is -2.05. The number of amides is 1. The average molecular weight is 259 g/mol. The molecule has 0 saturated carbocycles. The summed E-state index contributed by atoms with van der Waals surface area (Å²) in [4.78, 5) is 11.9. The highest BCUT2D eigenvalue weighted by atomic mass is 16.5. The molecule has 0 bridgehead atoms. The average Bonchev–Trinajstić information content (AvgIpc) is 2.94. The third-order valence-corrected chi connectivity index (χ3v) is 2.82. The first kappa shape index (κ1) is 13.2. The number of methoxy groups -OCH3 is 1. The third-order valence-electron chi connectivity index (χ3n) is 2.82. The molecule has 1 N–H and O–H groups in total. The van der Waals surface area contributed by atoms with Crippen LogP contribution < -0.4 is 10.1 Å². The number of carbonyl (C=O) groups excluding carboxylic acids is 1. The van der Waals surface area contributed by atoms with Gasteiger partial charge >= 0.3 is 0 Å². The van der Waals surface area contributed by atoms with Crippen LogP contribution in [0.15, 0.2) is 40.8 Å². The molecule has 100 valence electrons. The summed E-state index contributed by atoms with van der Waals surface area (Å²) in [5.41, 5.74) is 0.981. The summed E-state index contributed by atoms with van der Waals surface area (Å²) >= 11 is 0. The fourth-order valence-corrected chi connectivity index (χ4v) is 1.74. The second-order valence-corrected chi connectivity index (χ2v) is 4.15. The molecule has 0 fully saturated rings. The van der Waals surface area contributed by atoms with Crippen LogP contribution in [0.3, 0.4) is 0 Å². The molecule has 4 nitrogen and oxygen atoms in total. The van der Waals surface area contributed by atoms with Crippen LogP contribution in [0.4, 0.5) is 0 Å². The first-order valence-corrected chi connectivity index (χ1v) is 6.22. The van der Waals surface area contributed by atoms with E-state index in [0.717, 1.165) is 23.5 Å². The van der Waals surface area contributed by atoms with E-state index in [-0.39, 0.29) is 5.91 Å². The van der Waals surface area contributed by atoms with E-state index >= 15 is 0 Å². The van der Waals surface area contributed by atoms with Gasteiger partial charge in [-0.15, -0.1) is 0 Å². The molecule has 1 aromatic carbocycles. The fraction of sp³-hybridized carbons (Fsp3) is 0.267. The van der Waals surface area contributed by atoms with Crippen molar-refractivity contribution in [1.29, 1.82) is 0 Å². The second-order valence-electron chi connectivity index (χ2n) is 4.15. The molecular weight excluding hydrogens is 242 g/mol. The summed E-state index contributed by atoms with van der Waals surface area (Å²) in [6, 6.07) is 11.1. The van der Waals surface area contributed by atoms with Crippen LogP contribution in [0.5, 0.6) is 5.75 Å². The quantitative estimate of drug-likeness (QED) is 0.898. The normalized spacial score (nSPS) is 10.2. The molecule has 2 aromatic rings. The summed E-state index contributed by atoms with van der Waals surface area (Å²) in [6.45, 7) is 2.43. The van der Waals surface area contributed by atoms with Crippen molar-refractivity contribution >= 4 is 5.91 Å². The van der Waals surface area contributed by atoms with Crippen LogP contribution >= 0.6 is 0 Å². The van der Waals surface area contributed by atoms with Crippen molar-refractivity contribution in [2.45, 2.75) is 19.9 Å². The van der Waals surface area contributed by atoms with Crippen molar-refractivity contribution in [2.75, 3.05) is 7.11 Å². The molecule has 0 spiro atoms. The van der Waals surface area contributed by atoms with Crippen LogP contribution in [0, 0.1) is 0 Å². The van der Waals surface area contributed by atoms with Crippen molar-refractivity contribution in [3.8, 4) is 5.75 Å². The van der Waals surface area contributed by atoms with Gasteiger partial charge in [-0.2, -0.15) is 0 Å². The Labute approximate surface area is 112 Å². The van der Waals surface area contributed by atoms with Crippen LogP contribution in [-0.2, 0) is 13.0 Å². The highest BCUT2D eigenvalue weighted by molar-refractivity contribution is 5.91. The van der Waals surface area contributed by atoms with Gasteiger partial charge in [0, 0.05) is 13.0 Å². The molecule has 1 amide bonds. The van der Waals surface area contributed by atoms with E-state index in [2.05, 4.69) is 5.32 Å². The molecule has 0 saturated heterocycles. The zero-order valence-corrected chi connectivity index (χ0v) is 11.1. The monoisotopic (exact) mass is 259 g/mol. The molecule has 0 radical (unpaired) electrons. The Bertz CT molecular complexity index is 560. The van der Waals surface area contributed by atoms with E-state index in [9.17, 15) is 4.79 Å². The Balaban J connectivity index is 1.96. The minimum Gasteiger partial charge on any atom is -0.497 e. The zero-order valence-electron chi connectivity index (χ0n) is 11.1. The number of furan rings is 1. The van der Waals surface area contributed by atoms with Gasteiger partial charge in [0.25, 0.3) is 5.91 Å². The summed E-state index contributed by atoms with van der Waals surface area (Å²) in [5, 5.41) is 2.82. The maximum atomic E-state index is 11.9. The number of aryl methyl sites for hydroxylation is 1. The Hall–Kier alpha value is -2.23. The van der Waals surface area contributed by atoms with Gasteiger partial charge in [0.15, 0.2) is 5.76 Å². The lowest BCUT2D eigenvalue weighted by molar-refractivity contribution is 0.0921. The summed E-state index contributed by atoms with van der Waals surface area (Å²) in [7, 11) is 1.62. The predicted molar refractivity (Wildman–Crippen MR) is 72.3 cm³/mol. The van der Waals surface area contributed by atoms with Crippen LogP contribution in [0.1, 0.15) is 28.8 Å². The summed E-state index contributed by atoms with van der Waals surface area (Å²) < 4.78 is 10.5. The van der Waals surface area contributed by atoms with Gasteiger partial charge in [-0.3, -0.25) is 4.79 Å². The zero-order chi connectivity index (χ0) is 13.7. The number of benzene rings is 1. The predicted octanol–water partition coefficient (Wildman–Crippen LogP) is 2.78. The number of nitrogens with one attached hydrogen (secondary N) is 1. The lowest BCUT2D eigenvalue weighted by atomic mass is 10.2. The van der Waals surface area contributed by atoms with E-state index in [1.165, 1.54) is 0 Å². The van der Waals surface area contributed by atoms with Crippen molar-refractivity contribution in [2.24, 2.45) is 0 Å². The van der Waals surface area contributed by atoms with Crippen LogP contribution in [-0.4, -0.2) is 13.0 Å². The van der Waals surface area contributed by atoms with Gasteiger partial charge in [0.1, 0.15) is 11.5 Å². The molecule has 0 aliphatic rings. The minimum absolute atomic E-state index is 0.206. The molecule has 4 heteroatoms. The molecule has 0 unspecified atom stereocenters. The maximum Gasteiger partial charge on any atom is 0.287 e. The molecule has 1 aromatic heterocycles. The first-order valence-electron chi connectivity index (χ1n) is 6.22. The number of ether oxygens (including phenoxy) is 1. The number of hydrogen-bond donors (Lipinski definition) is 1. The Morgan fingerprint density at radius 2 is 2.16 bits per heavy atom. The fourth-order valence-electron chi connectivity index (χ4n) is 1.74. The molecule has 0 atom stereocenters. The second kappa shape index (κ2) is 6.09. The lowest BCUT2D eigenvalue weighted by Crippen LogP contribution is -2.22. The third kappa shape index (κ3) is 3.37. The highest BCUT2D eigenvalue weighted by Crippen LogP contribution is 2.13. The van der Waals surface area contributed by atoms with Gasteiger partial charge in [-0.1, -0.05) is 19.1 Å². The summed E-state index contributed by atoms with van der Waals surface area (Å²) in [6.07, 6.45) is 0.781. The molecule has 0 aliphatic heterocycles. The van der Waals surface area contributed by atoms with E-state index in [0.29, 0.717) is 12.3 Å². The first-order chi connectivity index (χ1) is 9.22. The van der Waals surface area contributed by atoms with Crippen molar-refractivity contribution in [3.05, 3.63) is 53.5 Å². The standard InChI is InChI=1S/C15H17NO3/c1-3-12-7-8-14(19-12)15(17)16-10-11-5-4-6-13(9-11)18-2/h4-9H,3,10H2,1-2H3,(H,16,17). The molecule has 1 heterocycles. The van der Waals surface area contributed by atoms with Crippen molar-refractivity contribution < 1.29 is 13.9 Å². The number of rotatable bonds is 5. The maximum absolute atomic E-state index is 11.9. The van der Waals surface area contributed by atoms with Gasteiger partial charge in [-0.05, 0) is 29.8 Å². The minimum atomic E-state index is -0.206. The smallest absolute Gasteiger partial charge is 0.287 e. The van der Waals surface area contributed by atoms with E-state index in [1.807, 2.05) is 37.3 Å². The molecule has 0 aliphatic carbocycles. The van der Waals surface area contributed by atoms with Gasteiger partial charge < -0.3 is 14.5 Å². The Kier molecular flexibility index (Phi) is 4.23. The van der Waals surface area contributed by atoms with Gasteiger partial charge in [0.05, 0.1) is 7.11 Å². The van der Waals surface area contributed by atoms with Crippen molar-refractivity contribution in [1.82, 2.24) is 5.32 Å².